The van der Waals surface area contributed by atoms with Crippen LogP contribution in [-0.4, -0.2) is 8.97 Å². The third kappa shape index (κ3) is 3.56. The van der Waals surface area contributed by atoms with Crippen LogP contribution < -0.4 is 0 Å². The molecule has 0 heterocycles. The topological polar surface area (TPSA) is 0 Å². The van der Waals surface area contributed by atoms with E-state index in [1.165, 1.54) is 0 Å². The van der Waals surface area contributed by atoms with Crippen LogP contribution in [0.5, 0.6) is 0 Å². The third-order valence-corrected chi connectivity index (χ3v) is 6.15. The van der Waals surface area contributed by atoms with E-state index in [0.29, 0.717) is 0 Å². The molecule has 7 heavy (non-hydrogen) atoms. The van der Waals surface area contributed by atoms with Crippen molar-refractivity contribution in [2.75, 3.05) is 0 Å². The second-order valence-electron chi connectivity index (χ2n) is 0.792. The number of halogens is 2. The first-order valence-corrected chi connectivity index (χ1v) is 7.56. The summed E-state index contributed by atoms with van der Waals surface area (Å²) < 4.78 is 3.74. The van der Waals surface area contributed by atoms with Gasteiger partial charge in [0.25, 0.3) is 0 Å². The van der Waals surface area contributed by atoms with Gasteiger partial charge in [-0.05, 0) is 0 Å². The molecule has 0 nitrogen and oxygen atoms in total. The van der Waals surface area contributed by atoms with Gasteiger partial charge in [-0.15, -0.1) is 0 Å². The van der Waals surface area contributed by atoms with Crippen LogP contribution in [0, 0.1) is 0 Å². The summed E-state index contributed by atoms with van der Waals surface area (Å²) in [5, 5.41) is 0. The summed E-state index contributed by atoms with van der Waals surface area (Å²) in [6.07, 6.45) is 0. The zero-order valence-electron chi connectivity index (χ0n) is 4.23. The molecule has 0 rings (SSSR count). The molecule has 0 saturated carbocycles. The van der Waals surface area contributed by atoms with Gasteiger partial charge in [-0.3, -0.25) is 0 Å². The van der Waals surface area contributed by atoms with E-state index < -0.39 is 12.6 Å². The molecule has 0 bridgehead atoms. The van der Waals surface area contributed by atoms with Crippen LogP contribution in [0.2, 0.25) is 0 Å². The van der Waals surface area contributed by atoms with Crippen LogP contribution in [0.15, 0.2) is 0 Å². The molecule has 0 aliphatic rings. The van der Waals surface area contributed by atoms with E-state index in [0.717, 1.165) is 0 Å². The monoisotopic (exact) mass is 232 g/mol. The van der Waals surface area contributed by atoms with Crippen molar-refractivity contribution in [3.63, 3.8) is 0 Å². The first-order valence-electron chi connectivity index (χ1n) is 1.76. The van der Waals surface area contributed by atoms with Gasteiger partial charge in [0.05, 0.1) is 0 Å². The fourth-order valence-electron chi connectivity index (χ4n) is 0.105. The molecule has 0 fully saturated rings. The van der Waals surface area contributed by atoms with E-state index in [1.807, 2.05) is 22.8 Å². The zero-order valence-corrected chi connectivity index (χ0v) is 7.29. The number of rotatable bonds is 0. The molecule has 0 N–H and O–H groups in total. The summed E-state index contributed by atoms with van der Waals surface area (Å²) in [5.74, 6) is 0. The Labute approximate surface area is 54.5 Å². The van der Waals surface area contributed by atoms with Crippen molar-refractivity contribution in [2.45, 2.75) is 13.8 Å². The molecule has 0 saturated heterocycles. The van der Waals surface area contributed by atoms with Crippen molar-refractivity contribution in [3.8, 4) is 0 Å². The van der Waals surface area contributed by atoms with Crippen molar-refractivity contribution < 1.29 is 12.6 Å². The molecular weight excluding hydrogens is 225 g/mol. The van der Waals surface area contributed by atoms with Crippen LogP contribution in [0.3, 0.4) is 0 Å². The van der Waals surface area contributed by atoms with E-state index in [4.69, 9.17) is 19.1 Å². The first kappa shape index (κ1) is 7.98. The predicted molar refractivity (Wildman–Crippen MR) is 35.2 cm³/mol. The minimum atomic E-state index is -2.06. The second kappa shape index (κ2) is 3.10. The molecule has 0 spiro atoms. The fraction of sp³-hybridized carbons (Fsp3) is 0.500. The number of hydrogen-bond donors (Lipinski definition) is 0. The summed E-state index contributed by atoms with van der Waals surface area (Å²) in [6, 6.07) is 0. The molecular formula is C4H8Cl2Pd. The van der Waals surface area contributed by atoms with Gasteiger partial charge in [0.1, 0.15) is 0 Å². The Morgan fingerprint density at radius 3 is 1.43 bits per heavy atom. The standard InChI is InChI=1S/2C2H4.2ClH.Pd/c2*1-2;;;/h2*1H,2H3;2*1H;/q;;;;+2/p-2. The number of hydrogen-bond acceptors (Lipinski definition) is 0. The van der Waals surface area contributed by atoms with E-state index in [9.17, 15) is 0 Å². The Kier molecular flexibility index (Phi) is 3.53. The molecule has 0 aliphatic carbocycles. The molecule has 48 valence electrons. The van der Waals surface area contributed by atoms with E-state index in [2.05, 4.69) is 0 Å². The summed E-state index contributed by atoms with van der Waals surface area (Å²) >= 11 is -2.06. The van der Waals surface area contributed by atoms with Crippen LogP contribution in [0.1, 0.15) is 13.8 Å². The summed E-state index contributed by atoms with van der Waals surface area (Å²) in [7, 11) is 11.4. The van der Waals surface area contributed by atoms with Gasteiger partial charge in [0, 0.05) is 0 Å². The van der Waals surface area contributed by atoms with Gasteiger partial charge in [0.15, 0.2) is 0 Å². The molecule has 3 heteroatoms. The second-order valence-corrected chi connectivity index (χ2v) is 10.1. The average Bonchev–Trinajstić information content (AvgIpc) is 1.68. The predicted octanol–water partition coefficient (Wildman–Crippen LogP) is 2.09. The quantitative estimate of drug-likeness (QED) is 0.562. The van der Waals surface area contributed by atoms with Crippen LogP contribution >= 0.6 is 19.1 Å². The zero-order chi connectivity index (χ0) is 5.91. The van der Waals surface area contributed by atoms with Gasteiger partial charge < -0.3 is 0 Å². The molecule has 0 unspecified atom stereocenters. The van der Waals surface area contributed by atoms with Gasteiger partial charge in [0.2, 0.25) is 0 Å². The SMILES string of the molecule is C[CH]=[Pd]([Cl])([Cl])=[CH]C. The van der Waals surface area contributed by atoms with E-state index in [1.54, 1.807) is 0 Å². The van der Waals surface area contributed by atoms with Crippen molar-refractivity contribution in [3.05, 3.63) is 0 Å². The van der Waals surface area contributed by atoms with Crippen molar-refractivity contribution in [2.24, 2.45) is 0 Å². The Bertz CT molecular complexity index is 129. The Morgan fingerprint density at radius 2 is 1.43 bits per heavy atom. The first-order chi connectivity index (χ1) is 3.12. The normalized spacial score (nSPS) is 13.1. The minimum absolute atomic E-state index is 1.87. The van der Waals surface area contributed by atoms with E-state index >= 15 is 0 Å². The molecule has 0 aromatic carbocycles. The fourth-order valence-corrected chi connectivity index (χ4v) is 0.624. The van der Waals surface area contributed by atoms with Crippen molar-refractivity contribution in [1.82, 2.24) is 0 Å². The molecule has 0 aromatic heterocycles. The van der Waals surface area contributed by atoms with Crippen molar-refractivity contribution >= 4 is 28.0 Å². The average molecular weight is 233 g/mol. The van der Waals surface area contributed by atoms with Crippen LogP contribution in [0.4, 0.5) is 0 Å². The third-order valence-electron chi connectivity index (χ3n) is 0.487. The van der Waals surface area contributed by atoms with Crippen LogP contribution in [0.25, 0.3) is 0 Å². The maximum absolute atomic E-state index is 5.71. The van der Waals surface area contributed by atoms with Gasteiger partial charge in [-0.2, -0.15) is 0 Å². The van der Waals surface area contributed by atoms with Crippen molar-refractivity contribution in [1.29, 1.82) is 0 Å². The summed E-state index contributed by atoms with van der Waals surface area (Å²) in [6.45, 7) is 3.77. The maximum atomic E-state index is 5.71. The molecule has 0 radical (unpaired) electrons. The molecule has 0 amide bonds. The molecule has 0 atom stereocenters. The van der Waals surface area contributed by atoms with E-state index in [-0.39, 0.29) is 0 Å². The summed E-state index contributed by atoms with van der Waals surface area (Å²) in [5.41, 5.74) is 0. The summed E-state index contributed by atoms with van der Waals surface area (Å²) in [4.78, 5) is 0. The Morgan fingerprint density at radius 1 is 1.14 bits per heavy atom. The van der Waals surface area contributed by atoms with Gasteiger partial charge in [-0.1, -0.05) is 0 Å². The molecule has 0 aliphatic heterocycles. The van der Waals surface area contributed by atoms with Gasteiger partial charge in [-0.25, -0.2) is 0 Å². The Balaban J connectivity index is 4.51. The molecule has 0 aromatic rings. The Hall–Kier alpha value is 0.982. The van der Waals surface area contributed by atoms with Crippen LogP contribution in [-0.2, 0) is 12.6 Å². The van der Waals surface area contributed by atoms with Gasteiger partial charge >= 0.3 is 54.5 Å².